The van der Waals surface area contributed by atoms with Gasteiger partial charge in [0.05, 0.1) is 0 Å². The molecule has 0 aliphatic carbocycles. The summed E-state index contributed by atoms with van der Waals surface area (Å²) >= 11 is 0. The standard InChI is InChI=1S/C20H27N/c1-4-21-15-18(13-19-11-7-5-9-16(19)2)14-20-12-8-6-10-17(20)3/h5-12,18,21H,4,13-15H2,1-3H3. The first-order chi connectivity index (χ1) is 10.2. The summed E-state index contributed by atoms with van der Waals surface area (Å²) < 4.78 is 0. The molecule has 0 amide bonds. The molecule has 0 aliphatic heterocycles. The van der Waals surface area contributed by atoms with Gasteiger partial charge in [-0.25, -0.2) is 0 Å². The number of nitrogens with one attached hydrogen (secondary N) is 1. The van der Waals surface area contributed by atoms with Crippen LogP contribution in [0.4, 0.5) is 0 Å². The molecule has 1 nitrogen and oxygen atoms in total. The van der Waals surface area contributed by atoms with Gasteiger partial charge in [0.25, 0.3) is 0 Å². The van der Waals surface area contributed by atoms with Crippen LogP contribution in [0.2, 0.25) is 0 Å². The molecule has 2 aromatic carbocycles. The fraction of sp³-hybridized carbons (Fsp3) is 0.400. The van der Waals surface area contributed by atoms with Gasteiger partial charge in [-0.1, -0.05) is 55.5 Å². The van der Waals surface area contributed by atoms with Crippen molar-refractivity contribution in [2.45, 2.75) is 33.6 Å². The van der Waals surface area contributed by atoms with E-state index in [2.05, 4.69) is 74.6 Å². The first kappa shape index (κ1) is 15.8. The van der Waals surface area contributed by atoms with Gasteiger partial charge in [-0.3, -0.25) is 0 Å². The molecule has 21 heavy (non-hydrogen) atoms. The second-order valence-electron chi connectivity index (χ2n) is 5.93. The van der Waals surface area contributed by atoms with Gasteiger partial charge in [0.2, 0.25) is 0 Å². The average Bonchev–Trinajstić information content (AvgIpc) is 2.49. The molecule has 0 bridgehead atoms. The third-order valence-corrected chi connectivity index (χ3v) is 4.22. The van der Waals surface area contributed by atoms with Crippen molar-refractivity contribution in [3.05, 3.63) is 70.8 Å². The van der Waals surface area contributed by atoms with Crippen LogP contribution in [0.5, 0.6) is 0 Å². The van der Waals surface area contributed by atoms with E-state index in [1.165, 1.54) is 22.3 Å². The lowest BCUT2D eigenvalue weighted by Crippen LogP contribution is -2.26. The Kier molecular flexibility index (Phi) is 6.01. The molecular formula is C20H27N. The van der Waals surface area contributed by atoms with Gasteiger partial charge in [-0.05, 0) is 68.0 Å². The second-order valence-corrected chi connectivity index (χ2v) is 5.93. The van der Waals surface area contributed by atoms with E-state index in [4.69, 9.17) is 0 Å². The summed E-state index contributed by atoms with van der Waals surface area (Å²) in [6.07, 6.45) is 2.29. The molecule has 112 valence electrons. The number of aryl methyl sites for hydroxylation is 2. The lowest BCUT2D eigenvalue weighted by molar-refractivity contribution is 0.476. The Morgan fingerprint density at radius 3 is 1.71 bits per heavy atom. The van der Waals surface area contributed by atoms with Gasteiger partial charge >= 0.3 is 0 Å². The Labute approximate surface area is 129 Å². The van der Waals surface area contributed by atoms with E-state index >= 15 is 0 Å². The largest absolute Gasteiger partial charge is 0.317 e. The predicted molar refractivity (Wildman–Crippen MR) is 91.8 cm³/mol. The summed E-state index contributed by atoms with van der Waals surface area (Å²) in [5.74, 6) is 0.646. The van der Waals surface area contributed by atoms with E-state index in [9.17, 15) is 0 Å². The van der Waals surface area contributed by atoms with E-state index in [-0.39, 0.29) is 0 Å². The van der Waals surface area contributed by atoms with Gasteiger partial charge in [0.15, 0.2) is 0 Å². The van der Waals surface area contributed by atoms with Crippen LogP contribution >= 0.6 is 0 Å². The van der Waals surface area contributed by atoms with E-state index in [0.717, 1.165) is 25.9 Å². The summed E-state index contributed by atoms with van der Waals surface area (Å²) in [7, 11) is 0. The zero-order chi connectivity index (χ0) is 15.1. The number of hydrogen-bond donors (Lipinski definition) is 1. The molecule has 2 aromatic rings. The van der Waals surface area contributed by atoms with Crippen LogP contribution in [0.25, 0.3) is 0 Å². The van der Waals surface area contributed by atoms with Crippen LogP contribution in [0.3, 0.4) is 0 Å². The SMILES string of the molecule is CCNCC(Cc1ccccc1C)Cc1ccccc1C. The normalized spacial score (nSPS) is 11.0. The summed E-state index contributed by atoms with van der Waals surface area (Å²) in [6, 6.07) is 17.5. The molecule has 0 fully saturated rings. The Morgan fingerprint density at radius 1 is 0.810 bits per heavy atom. The third kappa shape index (κ3) is 4.71. The van der Waals surface area contributed by atoms with Gasteiger partial charge in [0.1, 0.15) is 0 Å². The number of hydrogen-bond acceptors (Lipinski definition) is 1. The van der Waals surface area contributed by atoms with E-state index in [1.54, 1.807) is 0 Å². The first-order valence-corrected chi connectivity index (χ1v) is 8.00. The van der Waals surface area contributed by atoms with Gasteiger partial charge in [-0.15, -0.1) is 0 Å². The van der Waals surface area contributed by atoms with Crippen molar-refractivity contribution in [2.75, 3.05) is 13.1 Å². The molecule has 0 radical (unpaired) electrons. The Balaban J connectivity index is 2.11. The number of benzene rings is 2. The zero-order valence-corrected chi connectivity index (χ0v) is 13.5. The van der Waals surface area contributed by atoms with Crippen LogP contribution in [0.15, 0.2) is 48.5 Å². The first-order valence-electron chi connectivity index (χ1n) is 8.00. The van der Waals surface area contributed by atoms with E-state index < -0.39 is 0 Å². The van der Waals surface area contributed by atoms with Crippen LogP contribution in [0.1, 0.15) is 29.2 Å². The van der Waals surface area contributed by atoms with Gasteiger partial charge < -0.3 is 5.32 Å². The maximum Gasteiger partial charge on any atom is -0.00143 e. The average molecular weight is 281 g/mol. The molecule has 0 heterocycles. The molecule has 1 heteroatoms. The van der Waals surface area contributed by atoms with Gasteiger partial charge in [-0.2, -0.15) is 0 Å². The van der Waals surface area contributed by atoms with Crippen molar-refractivity contribution < 1.29 is 0 Å². The summed E-state index contributed by atoms with van der Waals surface area (Å²) in [6.45, 7) is 8.73. The molecule has 0 spiro atoms. The molecule has 2 rings (SSSR count). The minimum atomic E-state index is 0.646. The Hall–Kier alpha value is -1.60. The van der Waals surface area contributed by atoms with Crippen LogP contribution < -0.4 is 5.32 Å². The maximum atomic E-state index is 3.53. The third-order valence-electron chi connectivity index (χ3n) is 4.22. The monoisotopic (exact) mass is 281 g/mol. The minimum Gasteiger partial charge on any atom is -0.317 e. The minimum absolute atomic E-state index is 0.646. The lowest BCUT2D eigenvalue weighted by atomic mass is 9.89. The van der Waals surface area contributed by atoms with Crippen molar-refractivity contribution in [3.63, 3.8) is 0 Å². The topological polar surface area (TPSA) is 12.0 Å². The molecule has 0 aliphatic rings. The maximum absolute atomic E-state index is 3.53. The number of rotatable bonds is 7. The highest BCUT2D eigenvalue weighted by molar-refractivity contribution is 5.28. The second kappa shape index (κ2) is 7.99. The fourth-order valence-corrected chi connectivity index (χ4v) is 2.87. The lowest BCUT2D eigenvalue weighted by Gasteiger charge is -2.20. The van der Waals surface area contributed by atoms with Crippen molar-refractivity contribution in [1.82, 2.24) is 5.32 Å². The highest BCUT2D eigenvalue weighted by Gasteiger charge is 2.12. The van der Waals surface area contributed by atoms with E-state index in [0.29, 0.717) is 5.92 Å². The molecule has 0 aromatic heterocycles. The van der Waals surface area contributed by atoms with Crippen LogP contribution in [-0.2, 0) is 12.8 Å². The molecule has 0 saturated heterocycles. The Bertz CT molecular complexity index is 512. The quantitative estimate of drug-likeness (QED) is 0.797. The van der Waals surface area contributed by atoms with Crippen molar-refractivity contribution in [2.24, 2.45) is 5.92 Å². The van der Waals surface area contributed by atoms with Gasteiger partial charge in [0, 0.05) is 0 Å². The highest BCUT2D eigenvalue weighted by atomic mass is 14.8. The van der Waals surface area contributed by atoms with Crippen molar-refractivity contribution >= 4 is 0 Å². The predicted octanol–water partition coefficient (Wildman–Crippen LogP) is 4.31. The molecule has 0 saturated carbocycles. The smallest absolute Gasteiger partial charge is 0.00143 e. The zero-order valence-electron chi connectivity index (χ0n) is 13.5. The van der Waals surface area contributed by atoms with Crippen LogP contribution in [-0.4, -0.2) is 13.1 Å². The fourth-order valence-electron chi connectivity index (χ4n) is 2.87. The molecule has 0 unspecified atom stereocenters. The Morgan fingerprint density at radius 2 is 1.29 bits per heavy atom. The highest BCUT2D eigenvalue weighted by Crippen LogP contribution is 2.19. The summed E-state index contributed by atoms with van der Waals surface area (Å²) in [5, 5.41) is 3.53. The molecular weight excluding hydrogens is 254 g/mol. The summed E-state index contributed by atoms with van der Waals surface area (Å²) in [5.41, 5.74) is 5.77. The van der Waals surface area contributed by atoms with E-state index in [1.807, 2.05) is 0 Å². The molecule has 1 N–H and O–H groups in total. The van der Waals surface area contributed by atoms with Crippen LogP contribution in [0, 0.1) is 19.8 Å². The van der Waals surface area contributed by atoms with Crippen molar-refractivity contribution in [3.8, 4) is 0 Å². The van der Waals surface area contributed by atoms with Crippen molar-refractivity contribution in [1.29, 1.82) is 0 Å². The molecule has 0 atom stereocenters. The summed E-state index contributed by atoms with van der Waals surface area (Å²) in [4.78, 5) is 0.